The molecule has 0 radical (unpaired) electrons. The van der Waals surface area contributed by atoms with Crippen LogP contribution in [0.15, 0.2) is 35.2 Å². The zero-order chi connectivity index (χ0) is 15.6. The first-order chi connectivity index (χ1) is 11.3. The summed E-state index contributed by atoms with van der Waals surface area (Å²) in [6.45, 7) is 0.256. The predicted molar refractivity (Wildman–Crippen MR) is 79.3 cm³/mol. The van der Waals surface area contributed by atoms with Crippen molar-refractivity contribution in [2.24, 2.45) is 0 Å². The van der Waals surface area contributed by atoms with Crippen molar-refractivity contribution in [3.05, 3.63) is 47.9 Å². The molecule has 3 aromatic rings. The molecule has 8 heteroatoms. The Kier molecular flexibility index (Phi) is 3.34. The van der Waals surface area contributed by atoms with E-state index in [0.29, 0.717) is 28.9 Å². The molecule has 1 amide bonds. The molecule has 1 saturated carbocycles. The van der Waals surface area contributed by atoms with Crippen molar-refractivity contribution in [2.75, 3.05) is 0 Å². The van der Waals surface area contributed by atoms with Crippen LogP contribution in [0.1, 0.15) is 40.7 Å². The average molecular weight is 310 g/mol. The topological polar surface area (TPSA) is 110 Å². The van der Waals surface area contributed by atoms with Gasteiger partial charge in [-0.2, -0.15) is 5.10 Å². The van der Waals surface area contributed by atoms with E-state index in [4.69, 9.17) is 4.52 Å². The highest BCUT2D eigenvalue weighted by Gasteiger charge is 2.32. The second-order valence-corrected chi connectivity index (χ2v) is 5.40. The van der Waals surface area contributed by atoms with Gasteiger partial charge in [0.15, 0.2) is 11.6 Å². The molecule has 0 atom stereocenters. The van der Waals surface area contributed by atoms with Crippen molar-refractivity contribution in [1.82, 2.24) is 30.6 Å². The van der Waals surface area contributed by atoms with Crippen LogP contribution in [0.25, 0.3) is 11.4 Å². The number of aromatic nitrogens is 5. The van der Waals surface area contributed by atoms with Crippen LogP contribution in [-0.2, 0) is 6.54 Å². The molecule has 1 aliphatic carbocycles. The Morgan fingerprint density at radius 3 is 2.96 bits per heavy atom. The first-order valence-corrected chi connectivity index (χ1v) is 7.35. The molecule has 0 saturated heterocycles. The molecule has 0 aliphatic heterocycles. The van der Waals surface area contributed by atoms with E-state index in [2.05, 4.69) is 30.6 Å². The molecule has 0 bridgehead atoms. The minimum atomic E-state index is -0.213. The van der Waals surface area contributed by atoms with Gasteiger partial charge < -0.3 is 9.84 Å². The monoisotopic (exact) mass is 310 g/mol. The van der Waals surface area contributed by atoms with Crippen LogP contribution in [0.2, 0.25) is 0 Å². The van der Waals surface area contributed by atoms with Gasteiger partial charge in [-0.15, -0.1) is 0 Å². The number of nitrogens with zero attached hydrogens (tertiary/aromatic N) is 4. The third kappa shape index (κ3) is 2.83. The minimum absolute atomic E-state index is 0.213. The SMILES string of the molecule is O=C(NCc1nc(-c2ccncc2)n[nH]1)c1cnoc1C1CC1. The number of hydrogen-bond acceptors (Lipinski definition) is 6. The molecule has 0 aromatic carbocycles. The van der Waals surface area contributed by atoms with Gasteiger partial charge in [0, 0.05) is 23.9 Å². The van der Waals surface area contributed by atoms with Gasteiger partial charge in [-0.1, -0.05) is 5.16 Å². The molecule has 3 heterocycles. The highest BCUT2D eigenvalue weighted by atomic mass is 16.5. The predicted octanol–water partition coefficient (Wildman–Crippen LogP) is 1.66. The molecule has 0 spiro atoms. The first kappa shape index (κ1) is 13.6. The lowest BCUT2D eigenvalue weighted by Gasteiger charge is -2.01. The maximum absolute atomic E-state index is 12.2. The summed E-state index contributed by atoms with van der Waals surface area (Å²) in [4.78, 5) is 20.5. The Morgan fingerprint density at radius 2 is 2.17 bits per heavy atom. The second-order valence-electron chi connectivity index (χ2n) is 5.40. The van der Waals surface area contributed by atoms with E-state index in [1.54, 1.807) is 12.4 Å². The van der Waals surface area contributed by atoms with Crippen molar-refractivity contribution in [2.45, 2.75) is 25.3 Å². The lowest BCUT2D eigenvalue weighted by atomic mass is 10.2. The molecule has 23 heavy (non-hydrogen) atoms. The van der Waals surface area contributed by atoms with Crippen LogP contribution in [0.3, 0.4) is 0 Å². The third-order valence-electron chi connectivity index (χ3n) is 3.68. The third-order valence-corrected chi connectivity index (χ3v) is 3.68. The van der Waals surface area contributed by atoms with Gasteiger partial charge in [0.05, 0.1) is 12.7 Å². The average Bonchev–Trinajstić information content (AvgIpc) is 3.13. The summed E-state index contributed by atoms with van der Waals surface area (Å²) in [6, 6.07) is 3.65. The Hall–Kier alpha value is -3.03. The van der Waals surface area contributed by atoms with Gasteiger partial charge in [-0.05, 0) is 25.0 Å². The van der Waals surface area contributed by atoms with E-state index in [1.807, 2.05) is 12.1 Å². The van der Waals surface area contributed by atoms with E-state index < -0.39 is 0 Å². The Bertz CT molecular complexity index is 821. The van der Waals surface area contributed by atoms with Crippen molar-refractivity contribution < 1.29 is 9.32 Å². The van der Waals surface area contributed by atoms with Crippen LogP contribution in [0, 0.1) is 0 Å². The number of aromatic amines is 1. The van der Waals surface area contributed by atoms with Gasteiger partial charge in [0.1, 0.15) is 11.4 Å². The molecule has 116 valence electrons. The molecule has 2 N–H and O–H groups in total. The Labute approximate surface area is 131 Å². The number of H-pyrrole nitrogens is 1. The van der Waals surface area contributed by atoms with Crippen molar-refractivity contribution in [3.63, 3.8) is 0 Å². The zero-order valence-electron chi connectivity index (χ0n) is 12.2. The Balaban J connectivity index is 1.42. The zero-order valence-corrected chi connectivity index (χ0v) is 12.2. The first-order valence-electron chi connectivity index (χ1n) is 7.35. The standard InChI is InChI=1S/C15H14N6O2/c22-15(11-7-18-23-13(11)9-1-2-9)17-8-12-19-14(21-20-12)10-3-5-16-6-4-10/h3-7,9H,1-2,8H2,(H,17,22)(H,19,20,21). The highest BCUT2D eigenvalue weighted by molar-refractivity contribution is 5.95. The van der Waals surface area contributed by atoms with Gasteiger partial charge >= 0.3 is 0 Å². The summed E-state index contributed by atoms with van der Waals surface area (Å²) >= 11 is 0. The number of rotatable bonds is 5. The van der Waals surface area contributed by atoms with Gasteiger partial charge in [0.25, 0.3) is 5.91 Å². The van der Waals surface area contributed by atoms with Crippen LogP contribution in [-0.4, -0.2) is 31.2 Å². The number of pyridine rings is 1. The molecule has 1 aliphatic rings. The van der Waals surface area contributed by atoms with E-state index >= 15 is 0 Å². The summed E-state index contributed by atoms with van der Waals surface area (Å²) < 4.78 is 5.17. The number of carbonyl (C=O) groups is 1. The number of hydrogen-bond donors (Lipinski definition) is 2. The molecule has 4 rings (SSSR count). The molecular formula is C15H14N6O2. The summed E-state index contributed by atoms with van der Waals surface area (Å²) in [5.41, 5.74) is 1.37. The van der Waals surface area contributed by atoms with E-state index in [9.17, 15) is 4.79 Å². The van der Waals surface area contributed by atoms with Crippen LogP contribution < -0.4 is 5.32 Å². The van der Waals surface area contributed by atoms with Crippen molar-refractivity contribution in [1.29, 1.82) is 0 Å². The smallest absolute Gasteiger partial charge is 0.256 e. The number of nitrogens with one attached hydrogen (secondary N) is 2. The van der Waals surface area contributed by atoms with E-state index in [0.717, 1.165) is 18.4 Å². The van der Waals surface area contributed by atoms with Crippen molar-refractivity contribution >= 4 is 5.91 Å². The summed E-state index contributed by atoms with van der Waals surface area (Å²) in [5.74, 6) is 1.95. The van der Waals surface area contributed by atoms with E-state index in [-0.39, 0.29) is 12.5 Å². The lowest BCUT2D eigenvalue weighted by molar-refractivity contribution is 0.0948. The van der Waals surface area contributed by atoms with Crippen LogP contribution in [0.5, 0.6) is 0 Å². The fraction of sp³-hybridized carbons (Fsp3) is 0.267. The van der Waals surface area contributed by atoms with Gasteiger partial charge in [-0.3, -0.25) is 14.9 Å². The lowest BCUT2D eigenvalue weighted by Crippen LogP contribution is -2.23. The largest absolute Gasteiger partial charge is 0.360 e. The molecule has 8 nitrogen and oxygen atoms in total. The molecule has 0 unspecified atom stereocenters. The fourth-order valence-electron chi connectivity index (χ4n) is 2.32. The molecular weight excluding hydrogens is 296 g/mol. The maximum atomic E-state index is 12.2. The van der Waals surface area contributed by atoms with Gasteiger partial charge in [-0.25, -0.2) is 4.98 Å². The summed E-state index contributed by atoms with van der Waals surface area (Å²) in [5, 5.41) is 13.5. The molecule has 3 aromatic heterocycles. The number of carbonyl (C=O) groups excluding carboxylic acids is 1. The quantitative estimate of drug-likeness (QED) is 0.741. The minimum Gasteiger partial charge on any atom is -0.360 e. The van der Waals surface area contributed by atoms with Gasteiger partial charge in [0.2, 0.25) is 0 Å². The molecule has 1 fully saturated rings. The van der Waals surface area contributed by atoms with Crippen molar-refractivity contribution in [3.8, 4) is 11.4 Å². The van der Waals surface area contributed by atoms with Crippen LogP contribution in [0.4, 0.5) is 0 Å². The summed E-state index contributed by atoms with van der Waals surface area (Å²) in [6.07, 6.45) is 6.92. The maximum Gasteiger partial charge on any atom is 0.256 e. The van der Waals surface area contributed by atoms with Crippen LogP contribution >= 0.6 is 0 Å². The van der Waals surface area contributed by atoms with E-state index in [1.165, 1.54) is 6.20 Å². The summed E-state index contributed by atoms with van der Waals surface area (Å²) in [7, 11) is 0. The fourth-order valence-corrected chi connectivity index (χ4v) is 2.32. The number of amides is 1. The normalized spacial score (nSPS) is 13.9. The second kappa shape index (κ2) is 5.64. The highest BCUT2D eigenvalue weighted by Crippen LogP contribution is 2.41. The Morgan fingerprint density at radius 1 is 1.35 bits per heavy atom.